The second-order valence-electron chi connectivity index (χ2n) is 6.47. The summed E-state index contributed by atoms with van der Waals surface area (Å²) in [6, 6.07) is 6.74. The fraction of sp³-hybridized carbons (Fsp3) is 0.444. The van der Waals surface area contributed by atoms with Gasteiger partial charge in [0.1, 0.15) is 6.10 Å². The van der Waals surface area contributed by atoms with Crippen LogP contribution < -0.4 is 10.6 Å². The number of amides is 2. The Kier molecular flexibility index (Phi) is 4.94. The summed E-state index contributed by atoms with van der Waals surface area (Å²) in [5.41, 5.74) is 1.86. The first-order valence-electron chi connectivity index (χ1n) is 8.20. The van der Waals surface area contributed by atoms with Crippen LogP contribution in [0, 0.1) is 5.92 Å². The summed E-state index contributed by atoms with van der Waals surface area (Å²) in [6.07, 6.45) is 3.03. The highest BCUT2D eigenvalue weighted by Crippen LogP contribution is 2.32. The molecule has 1 aliphatic heterocycles. The Balaban J connectivity index is 1.88. The lowest BCUT2D eigenvalue weighted by atomic mass is 9.95. The molecule has 3 rings (SSSR count). The van der Waals surface area contributed by atoms with Crippen molar-refractivity contribution in [1.82, 2.24) is 10.6 Å². The summed E-state index contributed by atoms with van der Waals surface area (Å²) in [5, 5.41) is 5.50. The van der Waals surface area contributed by atoms with Crippen molar-refractivity contribution in [3.63, 3.8) is 0 Å². The highest BCUT2D eigenvalue weighted by molar-refractivity contribution is 9.10. The second kappa shape index (κ2) is 6.97. The van der Waals surface area contributed by atoms with E-state index < -0.39 is 6.04 Å². The second-order valence-corrected chi connectivity index (χ2v) is 7.39. The zero-order valence-corrected chi connectivity index (χ0v) is 15.4. The molecular weight excluding hydrogens is 372 g/mol. The van der Waals surface area contributed by atoms with Gasteiger partial charge in [0.2, 0.25) is 0 Å². The number of rotatable bonds is 3. The van der Waals surface area contributed by atoms with Crippen LogP contribution in [0.5, 0.6) is 0 Å². The molecule has 0 unspecified atom stereocenters. The molecule has 0 aromatic heterocycles. The number of halogens is 1. The van der Waals surface area contributed by atoms with Gasteiger partial charge in [-0.2, -0.15) is 0 Å². The van der Waals surface area contributed by atoms with E-state index in [0.717, 1.165) is 29.3 Å². The molecule has 0 spiro atoms. The average molecular weight is 393 g/mol. The molecular formula is C18H21BrN2O3. The maximum Gasteiger partial charge on any atom is 0.338 e. The van der Waals surface area contributed by atoms with Crippen LogP contribution in [0.25, 0.3) is 0 Å². The molecule has 1 saturated carbocycles. The Morgan fingerprint density at radius 3 is 2.58 bits per heavy atom. The Labute approximate surface area is 150 Å². The van der Waals surface area contributed by atoms with Crippen molar-refractivity contribution < 1.29 is 14.3 Å². The zero-order valence-electron chi connectivity index (χ0n) is 13.8. The number of hydrogen-bond donors (Lipinski definition) is 2. The molecule has 1 aliphatic carbocycles. The quantitative estimate of drug-likeness (QED) is 0.768. The fourth-order valence-corrected chi connectivity index (χ4v) is 3.62. The largest absolute Gasteiger partial charge is 0.459 e. The first-order chi connectivity index (χ1) is 11.5. The third kappa shape index (κ3) is 3.48. The van der Waals surface area contributed by atoms with E-state index >= 15 is 0 Å². The van der Waals surface area contributed by atoms with Gasteiger partial charge in [-0.1, -0.05) is 35.0 Å². The summed E-state index contributed by atoms with van der Waals surface area (Å²) in [6.45, 7) is 3.85. The number of allylic oxidation sites excluding steroid dienone is 1. The van der Waals surface area contributed by atoms with Crippen molar-refractivity contribution in [2.75, 3.05) is 0 Å². The molecule has 128 valence electrons. The van der Waals surface area contributed by atoms with Crippen molar-refractivity contribution in [3.05, 3.63) is 45.6 Å². The van der Waals surface area contributed by atoms with Crippen LogP contribution in [0.2, 0.25) is 0 Å². The Bertz CT molecular complexity index is 684. The summed E-state index contributed by atoms with van der Waals surface area (Å²) in [4.78, 5) is 24.7. The topological polar surface area (TPSA) is 67.4 Å². The standard InChI is InChI=1S/C18H21BrN2O3/c1-10-4-3-5-14(10)24-17(22)15-11(2)20-18(23)21-16(15)12-6-8-13(19)9-7-12/h6-10,14,16H,3-5H2,1-2H3,(H2,20,21,23)/t10-,14-,16-/m1/s1. The van der Waals surface area contributed by atoms with E-state index in [2.05, 4.69) is 33.5 Å². The van der Waals surface area contributed by atoms with Gasteiger partial charge in [0.05, 0.1) is 11.6 Å². The van der Waals surface area contributed by atoms with Crippen molar-refractivity contribution in [1.29, 1.82) is 0 Å². The minimum atomic E-state index is -0.504. The van der Waals surface area contributed by atoms with Crippen LogP contribution in [0.4, 0.5) is 4.79 Å². The van der Waals surface area contributed by atoms with Gasteiger partial charge in [0.15, 0.2) is 0 Å². The number of nitrogens with one attached hydrogen (secondary N) is 2. The SMILES string of the molecule is CC1=C(C(=O)O[C@@H]2CCC[C@H]2C)[C@@H](c2ccc(Br)cc2)NC(=O)N1. The first kappa shape index (κ1) is 17.0. The van der Waals surface area contributed by atoms with E-state index in [1.54, 1.807) is 6.92 Å². The number of ether oxygens (including phenoxy) is 1. The van der Waals surface area contributed by atoms with Crippen LogP contribution in [0.1, 0.15) is 44.7 Å². The molecule has 2 amide bonds. The Morgan fingerprint density at radius 2 is 1.96 bits per heavy atom. The molecule has 2 aliphatic rings. The van der Waals surface area contributed by atoms with Crippen LogP contribution in [-0.2, 0) is 9.53 Å². The molecule has 6 heteroatoms. The van der Waals surface area contributed by atoms with Gasteiger partial charge in [0, 0.05) is 10.2 Å². The highest BCUT2D eigenvalue weighted by Gasteiger charge is 2.35. The van der Waals surface area contributed by atoms with Crippen molar-refractivity contribution >= 4 is 27.9 Å². The third-order valence-electron chi connectivity index (χ3n) is 4.73. The van der Waals surface area contributed by atoms with Crippen LogP contribution in [0.3, 0.4) is 0 Å². The van der Waals surface area contributed by atoms with E-state index in [1.165, 1.54) is 0 Å². The fourth-order valence-electron chi connectivity index (χ4n) is 3.36. The molecule has 0 saturated heterocycles. The number of carbonyl (C=O) groups is 2. The van der Waals surface area contributed by atoms with Gasteiger partial charge < -0.3 is 15.4 Å². The van der Waals surface area contributed by atoms with Crippen LogP contribution in [0.15, 0.2) is 40.0 Å². The first-order valence-corrected chi connectivity index (χ1v) is 8.99. The van der Waals surface area contributed by atoms with Gasteiger partial charge in [-0.3, -0.25) is 0 Å². The molecule has 0 radical (unpaired) electrons. The number of benzene rings is 1. The lowest BCUT2D eigenvalue weighted by Crippen LogP contribution is -2.45. The highest BCUT2D eigenvalue weighted by atomic mass is 79.9. The molecule has 1 heterocycles. The van der Waals surface area contributed by atoms with E-state index in [9.17, 15) is 9.59 Å². The van der Waals surface area contributed by atoms with Gasteiger partial charge >= 0.3 is 12.0 Å². The summed E-state index contributed by atoms with van der Waals surface area (Å²) < 4.78 is 6.69. The number of esters is 1. The molecule has 1 fully saturated rings. The zero-order chi connectivity index (χ0) is 17.3. The van der Waals surface area contributed by atoms with E-state index in [0.29, 0.717) is 17.2 Å². The molecule has 24 heavy (non-hydrogen) atoms. The van der Waals surface area contributed by atoms with Crippen LogP contribution in [-0.4, -0.2) is 18.1 Å². The number of carbonyl (C=O) groups excluding carboxylic acids is 2. The van der Waals surface area contributed by atoms with E-state index in [4.69, 9.17) is 4.74 Å². The number of hydrogen-bond acceptors (Lipinski definition) is 3. The van der Waals surface area contributed by atoms with Gasteiger partial charge in [0.25, 0.3) is 0 Å². The van der Waals surface area contributed by atoms with Crippen molar-refractivity contribution in [2.45, 2.75) is 45.3 Å². The molecule has 1 aromatic carbocycles. The minimum absolute atomic E-state index is 0.0407. The third-order valence-corrected chi connectivity index (χ3v) is 5.26. The lowest BCUT2D eigenvalue weighted by Gasteiger charge is -2.29. The average Bonchev–Trinajstić information content (AvgIpc) is 2.92. The van der Waals surface area contributed by atoms with Crippen molar-refractivity contribution in [3.8, 4) is 0 Å². The molecule has 3 atom stereocenters. The molecule has 2 N–H and O–H groups in total. The predicted molar refractivity (Wildman–Crippen MR) is 94.1 cm³/mol. The van der Waals surface area contributed by atoms with E-state index in [-0.39, 0.29) is 18.1 Å². The normalized spacial score (nSPS) is 26.8. The van der Waals surface area contributed by atoms with Gasteiger partial charge in [-0.05, 0) is 49.8 Å². The Morgan fingerprint density at radius 1 is 1.25 bits per heavy atom. The summed E-state index contributed by atoms with van der Waals surface area (Å²) in [5.74, 6) is 0.0267. The number of urea groups is 1. The summed E-state index contributed by atoms with van der Waals surface area (Å²) >= 11 is 3.40. The van der Waals surface area contributed by atoms with Gasteiger partial charge in [-0.15, -0.1) is 0 Å². The van der Waals surface area contributed by atoms with Crippen LogP contribution >= 0.6 is 15.9 Å². The smallest absolute Gasteiger partial charge is 0.338 e. The Hall–Kier alpha value is -1.82. The predicted octanol–water partition coefficient (Wildman–Crippen LogP) is 3.81. The van der Waals surface area contributed by atoms with Gasteiger partial charge in [-0.25, -0.2) is 9.59 Å². The maximum atomic E-state index is 12.8. The van der Waals surface area contributed by atoms with Crippen molar-refractivity contribution in [2.24, 2.45) is 5.92 Å². The molecule has 5 nitrogen and oxygen atoms in total. The molecule has 1 aromatic rings. The maximum absolute atomic E-state index is 12.8. The monoisotopic (exact) mass is 392 g/mol. The lowest BCUT2D eigenvalue weighted by molar-refractivity contribution is -0.146. The summed E-state index contributed by atoms with van der Waals surface area (Å²) in [7, 11) is 0. The van der Waals surface area contributed by atoms with E-state index in [1.807, 2.05) is 24.3 Å². The minimum Gasteiger partial charge on any atom is -0.459 e. The molecule has 0 bridgehead atoms.